The van der Waals surface area contributed by atoms with Gasteiger partial charge in [0.25, 0.3) is 11.8 Å². The van der Waals surface area contributed by atoms with Crippen molar-refractivity contribution in [2.75, 3.05) is 20.1 Å². The molecule has 0 radical (unpaired) electrons. The molecule has 0 unspecified atom stereocenters. The number of aldehydes is 1. The first-order chi connectivity index (χ1) is 14.5. The highest BCUT2D eigenvalue weighted by atomic mass is 16.5. The lowest BCUT2D eigenvalue weighted by molar-refractivity contribution is -0.159. The van der Waals surface area contributed by atoms with Crippen LogP contribution in [0, 0.1) is 0 Å². The molecule has 170 valence electrons. The van der Waals surface area contributed by atoms with E-state index in [1.165, 1.54) is 6.92 Å². The zero-order valence-corrected chi connectivity index (χ0v) is 17.1. The van der Waals surface area contributed by atoms with E-state index in [0.29, 0.717) is 11.3 Å². The third-order valence-corrected chi connectivity index (χ3v) is 4.14. The fourth-order valence-electron chi connectivity index (χ4n) is 2.46. The summed E-state index contributed by atoms with van der Waals surface area (Å²) in [5.74, 6) is -3.90. The highest BCUT2D eigenvalue weighted by Gasteiger charge is 2.26. The maximum Gasteiger partial charge on any atom is 0.253 e. The van der Waals surface area contributed by atoms with Gasteiger partial charge in [0.05, 0.1) is 12.6 Å². The minimum atomic E-state index is -1.23. The van der Waals surface area contributed by atoms with Crippen molar-refractivity contribution in [1.29, 1.82) is 0 Å². The molecular weight excluding hydrogens is 414 g/mol. The standard InChI is InChI=1S/C18H25N5O8/c1-11(10-24)20-14(26)9-19-18(30)12(3-4-15(27)22(2)31)21-13(25)7-8-23-16(28)5-6-17(23)29/h5-6,10-12,31H,3-4,7-9H2,1-2H3,(H,19,30)(H,20,26)(H,21,25)/t11-,12-/m0/s1. The van der Waals surface area contributed by atoms with Gasteiger partial charge in [-0.1, -0.05) is 0 Å². The van der Waals surface area contributed by atoms with E-state index in [2.05, 4.69) is 16.0 Å². The van der Waals surface area contributed by atoms with Gasteiger partial charge in [-0.05, 0) is 13.3 Å². The maximum absolute atomic E-state index is 12.4. The number of hydrogen-bond donors (Lipinski definition) is 4. The summed E-state index contributed by atoms with van der Waals surface area (Å²) in [5.41, 5.74) is 0. The van der Waals surface area contributed by atoms with Crippen LogP contribution in [0.5, 0.6) is 0 Å². The van der Waals surface area contributed by atoms with Gasteiger partial charge in [0.1, 0.15) is 12.3 Å². The summed E-state index contributed by atoms with van der Waals surface area (Å²) in [7, 11) is 1.10. The molecule has 0 saturated carbocycles. The Morgan fingerprint density at radius 2 is 1.71 bits per heavy atom. The van der Waals surface area contributed by atoms with Gasteiger partial charge in [0.2, 0.25) is 23.6 Å². The molecule has 0 aliphatic carbocycles. The first-order valence-corrected chi connectivity index (χ1v) is 9.35. The lowest BCUT2D eigenvalue weighted by atomic mass is 10.1. The minimum absolute atomic E-state index is 0.184. The van der Waals surface area contributed by atoms with Crippen LogP contribution in [0.1, 0.15) is 26.2 Å². The number of carbonyl (C=O) groups is 7. The molecule has 0 bridgehead atoms. The van der Waals surface area contributed by atoms with Crippen LogP contribution in [0.2, 0.25) is 0 Å². The SMILES string of the molecule is C[C@@H](C=O)NC(=O)CNC(=O)[C@H](CCC(=O)N(C)O)NC(=O)CCN1C(=O)C=CC1=O. The summed E-state index contributed by atoms with van der Waals surface area (Å²) in [6.07, 6.45) is 1.90. The molecule has 0 saturated heterocycles. The van der Waals surface area contributed by atoms with Crippen molar-refractivity contribution in [3.63, 3.8) is 0 Å². The van der Waals surface area contributed by atoms with Gasteiger partial charge < -0.3 is 20.7 Å². The van der Waals surface area contributed by atoms with Crippen LogP contribution in [-0.4, -0.2) is 89.1 Å². The quantitative estimate of drug-likeness (QED) is 0.109. The number of rotatable bonds is 12. The maximum atomic E-state index is 12.4. The number of imide groups is 1. The number of nitrogens with one attached hydrogen (secondary N) is 3. The monoisotopic (exact) mass is 439 g/mol. The van der Waals surface area contributed by atoms with Crippen molar-refractivity contribution < 1.29 is 38.8 Å². The van der Waals surface area contributed by atoms with E-state index in [-0.39, 0.29) is 25.8 Å². The lowest BCUT2D eigenvalue weighted by Crippen LogP contribution is -2.50. The predicted molar refractivity (Wildman–Crippen MR) is 103 cm³/mol. The Balaban J connectivity index is 2.65. The van der Waals surface area contributed by atoms with Crippen LogP contribution < -0.4 is 16.0 Å². The first kappa shape index (κ1) is 25.4. The topological polar surface area (TPSA) is 182 Å². The van der Waals surface area contributed by atoms with Crippen LogP contribution in [0.3, 0.4) is 0 Å². The Bertz CT molecular complexity index is 761. The highest BCUT2D eigenvalue weighted by Crippen LogP contribution is 2.05. The van der Waals surface area contributed by atoms with Gasteiger partial charge in [-0.25, -0.2) is 5.06 Å². The molecule has 1 aliphatic rings. The van der Waals surface area contributed by atoms with Gasteiger partial charge in [-0.3, -0.25) is 38.9 Å². The van der Waals surface area contributed by atoms with E-state index in [1.807, 2.05) is 0 Å². The van der Waals surface area contributed by atoms with E-state index in [9.17, 15) is 33.6 Å². The number of amides is 6. The smallest absolute Gasteiger partial charge is 0.253 e. The summed E-state index contributed by atoms with van der Waals surface area (Å²) in [6, 6.07) is -1.97. The Hall–Kier alpha value is -3.61. The Kier molecular flexibility index (Phi) is 9.98. The predicted octanol–water partition coefficient (Wildman–Crippen LogP) is -2.77. The summed E-state index contributed by atoms with van der Waals surface area (Å²) < 4.78 is 0. The number of hydrogen-bond acceptors (Lipinski definition) is 8. The molecule has 6 amide bonds. The van der Waals surface area contributed by atoms with Crippen molar-refractivity contribution in [2.24, 2.45) is 0 Å². The fraction of sp³-hybridized carbons (Fsp3) is 0.500. The van der Waals surface area contributed by atoms with E-state index in [0.717, 1.165) is 24.1 Å². The molecular formula is C18H25N5O8. The van der Waals surface area contributed by atoms with E-state index < -0.39 is 54.1 Å². The Morgan fingerprint density at radius 3 is 2.26 bits per heavy atom. The van der Waals surface area contributed by atoms with Crippen molar-refractivity contribution in [1.82, 2.24) is 25.9 Å². The fourth-order valence-corrected chi connectivity index (χ4v) is 2.46. The summed E-state index contributed by atoms with van der Waals surface area (Å²) in [4.78, 5) is 82.3. The highest BCUT2D eigenvalue weighted by molar-refractivity contribution is 6.13. The molecule has 2 atom stereocenters. The van der Waals surface area contributed by atoms with Crippen LogP contribution in [0.25, 0.3) is 0 Å². The molecule has 4 N–H and O–H groups in total. The van der Waals surface area contributed by atoms with Crippen LogP contribution >= 0.6 is 0 Å². The molecule has 0 fully saturated rings. The molecule has 0 aromatic heterocycles. The van der Waals surface area contributed by atoms with E-state index >= 15 is 0 Å². The second kappa shape index (κ2) is 12.2. The summed E-state index contributed by atoms with van der Waals surface area (Å²) in [5, 5.41) is 16.4. The molecule has 1 aliphatic heterocycles. The van der Waals surface area contributed by atoms with Crippen molar-refractivity contribution in [3.05, 3.63) is 12.2 Å². The number of nitrogens with zero attached hydrogens (tertiary/aromatic N) is 2. The molecule has 0 aromatic carbocycles. The molecule has 13 heteroatoms. The second-order valence-corrected chi connectivity index (χ2v) is 6.70. The van der Waals surface area contributed by atoms with E-state index in [4.69, 9.17) is 5.21 Å². The average Bonchev–Trinajstić information content (AvgIpc) is 3.04. The molecule has 0 spiro atoms. The van der Waals surface area contributed by atoms with Crippen molar-refractivity contribution in [2.45, 2.75) is 38.3 Å². The lowest BCUT2D eigenvalue weighted by Gasteiger charge is -2.20. The normalized spacial score (nSPS) is 14.6. The van der Waals surface area contributed by atoms with Gasteiger partial charge in [0.15, 0.2) is 0 Å². The van der Waals surface area contributed by atoms with Gasteiger partial charge in [-0.2, -0.15) is 0 Å². The van der Waals surface area contributed by atoms with Gasteiger partial charge in [0, 0.05) is 38.6 Å². The Labute approximate surface area is 177 Å². The second-order valence-electron chi connectivity index (χ2n) is 6.70. The van der Waals surface area contributed by atoms with Gasteiger partial charge >= 0.3 is 0 Å². The zero-order valence-electron chi connectivity index (χ0n) is 17.1. The zero-order chi connectivity index (χ0) is 23.6. The minimum Gasteiger partial charge on any atom is -0.345 e. The van der Waals surface area contributed by atoms with Crippen molar-refractivity contribution >= 4 is 41.7 Å². The van der Waals surface area contributed by atoms with E-state index in [1.54, 1.807) is 0 Å². The summed E-state index contributed by atoms with van der Waals surface area (Å²) >= 11 is 0. The average molecular weight is 439 g/mol. The van der Waals surface area contributed by atoms with Gasteiger partial charge in [-0.15, -0.1) is 0 Å². The third kappa shape index (κ3) is 8.74. The Morgan fingerprint density at radius 1 is 1.10 bits per heavy atom. The third-order valence-electron chi connectivity index (χ3n) is 4.14. The molecule has 0 aromatic rings. The summed E-state index contributed by atoms with van der Waals surface area (Å²) in [6.45, 7) is 0.771. The van der Waals surface area contributed by atoms with Crippen LogP contribution in [0.4, 0.5) is 0 Å². The molecule has 13 nitrogen and oxygen atoms in total. The van der Waals surface area contributed by atoms with Crippen molar-refractivity contribution in [3.8, 4) is 0 Å². The largest absolute Gasteiger partial charge is 0.345 e. The van der Waals surface area contributed by atoms with Crippen LogP contribution in [0.15, 0.2) is 12.2 Å². The molecule has 31 heavy (non-hydrogen) atoms. The first-order valence-electron chi connectivity index (χ1n) is 9.35. The molecule has 1 heterocycles. The molecule has 1 rings (SSSR count). The number of hydroxylamine groups is 2. The number of carbonyl (C=O) groups excluding carboxylic acids is 7. The van der Waals surface area contributed by atoms with Crippen LogP contribution in [-0.2, 0) is 33.6 Å².